The van der Waals surface area contributed by atoms with Crippen molar-refractivity contribution in [3.8, 4) is 0 Å². The van der Waals surface area contributed by atoms with Crippen LogP contribution in [0.3, 0.4) is 0 Å². The Bertz CT molecular complexity index is 1480. The van der Waals surface area contributed by atoms with Crippen molar-refractivity contribution in [1.29, 1.82) is 0 Å². The second kappa shape index (κ2) is 9.44. The molecule has 2 N–H and O–H groups in total. The molecule has 33 heavy (non-hydrogen) atoms. The summed E-state index contributed by atoms with van der Waals surface area (Å²) in [6.07, 6.45) is 0. The third kappa shape index (κ3) is 5.22. The van der Waals surface area contributed by atoms with Crippen LogP contribution in [0.2, 0.25) is 5.02 Å². The van der Waals surface area contributed by atoms with Crippen molar-refractivity contribution >= 4 is 49.7 Å². The number of nitrogens with one attached hydrogen (secondary N) is 2. The third-order valence-electron chi connectivity index (χ3n) is 5.02. The van der Waals surface area contributed by atoms with Gasteiger partial charge < -0.3 is 0 Å². The highest BCUT2D eigenvalue weighted by Gasteiger charge is 2.17. The van der Waals surface area contributed by atoms with Crippen LogP contribution in [-0.2, 0) is 10.0 Å². The third-order valence-corrected chi connectivity index (χ3v) is 6.71. The Morgan fingerprint density at radius 3 is 2.33 bits per heavy atom. The Morgan fingerprint density at radius 1 is 0.818 bits per heavy atom. The molecule has 4 aromatic rings. The van der Waals surface area contributed by atoms with E-state index in [-0.39, 0.29) is 21.2 Å². The summed E-state index contributed by atoms with van der Waals surface area (Å²) in [5, 5.41) is 6.64. The highest BCUT2D eigenvalue weighted by atomic mass is 35.5. The average molecular weight is 478 g/mol. The van der Waals surface area contributed by atoms with E-state index >= 15 is 0 Å². The van der Waals surface area contributed by atoms with E-state index in [0.29, 0.717) is 5.71 Å². The number of fused-ring (bicyclic) bond motifs is 1. The van der Waals surface area contributed by atoms with Gasteiger partial charge in [-0.1, -0.05) is 66.2 Å². The minimum absolute atomic E-state index is 0.0645. The van der Waals surface area contributed by atoms with Crippen molar-refractivity contribution in [3.05, 3.63) is 107 Å². The fourth-order valence-corrected chi connectivity index (χ4v) is 4.59. The number of hydrazone groups is 1. The van der Waals surface area contributed by atoms with E-state index in [9.17, 15) is 13.2 Å². The first-order valence-corrected chi connectivity index (χ1v) is 11.9. The van der Waals surface area contributed by atoms with Gasteiger partial charge in [-0.2, -0.15) is 5.10 Å². The van der Waals surface area contributed by atoms with E-state index < -0.39 is 15.9 Å². The number of halogens is 1. The molecule has 0 radical (unpaired) electrons. The second-order valence-corrected chi connectivity index (χ2v) is 9.40. The average Bonchev–Trinajstić information content (AvgIpc) is 2.83. The zero-order chi connectivity index (χ0) is 23.4. The number of nitrogens with zero attached hydrogens (tertiary/aromatic N) is 1. The summed E-state index contributed by atoms with van der Waals surface area (Å²) in [6.45, 7) is 1.79. The topological polar surface area (TPSA) is 87.6 Å². The minimum atomic E-state index is -3.94. The van der Waals surface area contributed by atoms with Crippen molar-refractivity contribution in [1.82, 2.24) is 5.43 Å². The van der Waals surface area contributed by atoms with Crippen LogP contribution in [0.1, 0.15) is 22.8 Å². The predicted molar refractivity (Wildman–Crippen MR) is 132 cm³/mol. The zero-order valence-corrected chi connectivity index (χ0v) is 19.2. The normalized spacial score (nSPS) is 11.9. The van der Waals surface area contributed by atoms with Gasteiger partial charge in [0.15, 0.2) is 0 Å². The van der Waals surface area contributed by atoms with Gasteiger partial charge in [-0.3, -0.25) is 9.52 Å². The van der Waals surface area contributed by atoms with Gasteiger partial charge in [0, 0.05) is 5.56 Å². The quantitative estimate of drug-likeness (QED) is 0.286. The molecule has 4 aromatic carbocycles. The molecule has 6 nitrogen and oxygen atoms in total. The van der Waals surface area contributed by atoms with Crippen molar-refractivity contribution in [2.75, 3.05) is 4.72 Å². The number of benzene rings is 4. The van der Waals surface area contributed by atoms with Crippen LogP contribution >= 0.6 is 11.6 Å². The smallest absolute Gasteiger partial charge is 0.271 e. The minimum Gasteiger partial charge on any atom is -0.278 e. The molecule has 8 heteroatoms. The number of carbonyl (C=O) groups excluding carboxylic acids is 1. The molecule has 0 aromatic heterocycles. The number of rotatable bonds is 6. The number of hydrogen-bond acceptors (Lipinski definition) is 4. The van der Waals surface area contributed by atoms with Crippen molar-refractivity contribution < 1.29 is 13.2 Å². The number of para-hydroxylation sites is 1. The molecular weight excluding hydrogens is 458 g/mol. The highest BCUT2D eigenvalue weighted by molar-refractivity contribution is 7.92. The van der Waals surface area contributed by atoms with Crippen LogP contribution in [0.25, 0.3) is 10.8 Å². The SMILES string of the molecule is C/C(=N\NC(=O)c1cccc(S(=O)(=O)Nc2ccccc2Cl)c1)c1ccc2ccccc2c1. The molecule has 0 aliphatic rings. The summed E-state index contributed by atoms with van der Waals surface area (Å²) >= 11 is 6.05. The van der Waals surface area contributed by atoms with Gasteiger partial charge in [0.05, 0.1) is 21.3 Å². The van der Waals surface area contributed by atoms with E-state index in [1.165, 1.54) is 24.3 Å². The Hall–Kier alpha value is -3.68. The highest BCUT2D eigenvalue weighted by Crippen LogP contribution is 2.24. The first-order chi connectivity index (χ1) is 15.8. The summed E-state index contributed by atoms with van der Waals surface area (Å²) in [5.74, 6) is -0.523. The van der Waals surface area contributed by atoms with E-state index in [2.05, 4.69) is 15.2 Å². The molecule has 166 valence electrons. The number of anilines is 1. The zero-order valence-electron chi connectivity index (χ0n) is 17.6. The molecule has 0 saturated heterocycles. The Labute approximate surface area is 197 Å². The summed E-state index contributed by atoms with van der Waals surface area (Å²) in [4.78, 5) is 12.6. The van der Waals surface area contributed by atoms with Crippen molar-refractivity contribution in [2.24, 2.45) is 5.10 Å². The van der Waals surface area contributed by atoms with Gasteiger partial charge in [-0.25, -0.2) is 13.8 Å². The molecule has 0 unspecified atom stereocenters. The van der Waals surface area contributed by atoms with Crippen LogP contribution in [-0.4, -0.2) is 20.0 Å². The van der Waals surface area contributed by atoms with Crippen molar-refractivity contribution in [3.63, 3.8) is 0 Å². The molecule has 0 aliphatic heterocycles. The Morgan fingerprint density at radius 2 is 1.55 bits per heavy atom. The first kappa shape index (κ1) is 22.5. The summed E-state index contributed by atoms with van der Waals surface area (Å²) in [6, 6.07) is 26.1. The standard InChI is InChI=1S/C25H20ClN3O3S/c1-17(19-14-13-18-7-2-3-8-20(18)15-19)27-28-25(30)21-9-6-10-22(16-21)33(31,32)29-24-12-5-4-11-23(24)26/h2-16,29H,1H3,(H,28,30)/b27-17+. The van der Waals surface area contributed by atoms with E-state index in [0.717, 1.165) is 16.3 Å². The van der Waals surface area contributed by atoms with Gasteiger partial charge in [-0.05, 0) is 59.7 Å². The maximum absolute atomic E-state index is 12.8. The van der Waals surface area contributed by atoms with Crippen molar-refractivity contribution in [2.45, 2.75) is 11.8 Å². The van der Waals surface area contributed by atoms with E-state index in [1.807, 2.05) is 42.5 Å². The summed E-state index contributed by atoms with van der Waals surface area (Å²) < 4.78 is 28.0. The largest absolute Gasteiger partial charge is 0.278 e. The molecule has 0 heterocycles. The van der Waals surface area contributed by atoms with E-state index in [4.69, 9.17) is 11.6 Å². The fourth-order valence-electron chi connectivity index (χ4n) is 3.23. The van der Waals surface area contributed by atoms with Gasteiger partial charge >= 0.3 is 0 Å². The molecule has 0 fully saturated rings. The lowest BCUT2D eigenvalue weighted by Gasteiger charge is -2.10. The van der Waals surface area contributed by atoms with Gasteiger partial charge in [-0.15, -0.1) is 0 Å². The maximum Gasteiger partial charge on any atom is 0.271 e. The molecule has 0 aliphatic carbocycles. The van der Waals surface area contributed by atoms with Gasteiger partial charge in [0.2, 0.25) is 0 Å². The van der Waals surface area contributed by atoms with Crippen LogP contribution in [0.15, 0.2) is 101 Å². The lowest BCUT2D eigenvalue weighted by Crippen LogP contribution is -2.20. The Kier molecular flexibility index (Phi) is 6.44. The second-order valence-electron chi connectivity index (χ2n) is 7.31. The fraction of sp³-hybridized carbons (Fsp3) is 0.0400. The maximum atomic E-state index is 12.8. The molecule has 0 spiro atoms. The van der Waals surface area contributed by atoms with E-state index in [1.54, 1.807) is 31.2 Å². The number of hydrogen-bond donors (Lipinski definition) is 2. The summed E-state index contributed by atoms with van der Waals surface area (Å²) in [7, 11) is -3.94. The van der Waals surface area contributed by atoms with Gasteiger partial charge in [0.25, 0.3) is 15.9 Å². The number of amides is 1. The number of sulfonamides is 1. The molecular formula is C25H20ClN3O3S. The van der Waals surface area contributed by atoms with Crippen LogP contribution in [0.5, 0.6) is 0 Å². The monoisotopic (exact) mass is 477 g/mol. The molecule has 1 amide bonds. The van der Waals surface area contributed by atoms with Gasteiger partial charge in [0.1, 0.15) is 0 Å². The number of carbonyl (C=O) groups is 1. The van der Waals surface area contributed by atoms with Crippen LogP contribution in [0.4, 0.5) is 5.69 Å². The Balaban J connectivity index is 1.51. The lowest BCUT2D eigenvalue weighted by molar-refractivity contribution is 0.0954. The van der Waals surface area contributed by atoms with Crippen LogP contribution < -0.4 is 10.1 Å². The molecule has 0 bridgehead atoms. The molecule has 0 atom stereocenters. The molecule has 4 rings (SSSR count). The predicted octanol–water partition coefficient (Wildman–Crippen LogP) is 5.45. The summed E-state index contributed by atoms with van der Waals surface area (Å²) in [5.41, 5.74) is 4.40. The van der Waals surface area contributed by atoms with Crippen LogP contribution in [0, 0.1) is 0 Å². The lowest BCUT2D eigenvalue weighted by atomic mass is 10.0. The molecule has 0 saturated carbocycles. The first-order valence-electron chi connectivity index (χ1n) is 10.0.